The lowest BCUT2D eigenvalue weighted by Crippen LogP contribution is -2.47. The number of nitrogens with zero attached hydrogens (tertiary/aromatic N) is 5. The SMILES string of the molecule is CC1(C)CCC(CN2CCN(c3ccc(C(=O)NS(=O)(=O)c4ccc(NC[C@H]5COCCO5)c([N+](=O)[O-])c4)c(N4CC5COCC5Oc5nc6[nH]ccc6cc54)c3)CC2)=C(c2ccc(Cl)cc2)C1. The Morgan fingerprint density at radius 2 is 1.79 bits per heavy atom. The maximum Gasteiger partial charge on any atom is 0.293 e. The standard InChI is InChI=1S/C49H55ClN8O9S/c1-49(2)13-11-33(40(24-49)31-3-5-35(50)6-4-31)26-55-15-17-56(18-16-55)36-7-9-39(42(22-36)57-27-34-28-65-30-45(34)67-48-44(57)21-32-12-14-51-46(32)53-48)47(59)54-68(62,63)38-8-10-41(43(23-38)58(60)61)52-25-37-29-64-19-20-66-37/h3-10,12,14,21-23,34,37,45,52H,11,13,15-20,24-30H2,1-2H3,(H,51,53)(H,54,59)/t34?,37-,45?/m0/s1. The van der Waals surface area contributed by atoms with Gasteiger partial charge in [0.15, 0.2) is 0 Å². The molecule has 6 heterocycles. The summed E-state index contributed by atoms with van der Waals surface area (Å²) in [6, 6.07) is 21.0. The monoisotopic (exact) mass is 966 g/mol. The van der Waals surface area contributed by atoms with E-state index in [1.807, 2.05) is 41.3 Å². The number of nitro groups is 1. The van der Waals surface area contributed by atoms with E-state index in [2.05, 4.69) is 50.8 Å². The Hall–Kier alpha value is -5.76. The summed E-state index contributed by atoms with van der Waals surface area (Å²) < 4.78 is 53.8. The van der Waals surface area contributed by atoms with E-state index in [1.165, 1.54) is 28.8 Å². The Bertz CT molecular complexity index is 2860. The molecule has 5 aromatic rings. The fourth-order valence-electron chi connectivity index (χ4n) is 9.94. The third-order valence-electron chi connectivity index (χ3n) is 13.7. The summed E-state index contributed by atoms with van der Waals surface area (Å²) in [4.78, 5) is 40.5. The van der Waals surface area contributed by atoms with Gasteiger partial charge < -0.3 is 39.0 Å². The maximum atomic E-state index is 14.6. The number of anilines is 4. The summed E-state index contributed by atoms with van der Waals surface area (Å²) >= 11 is 6.28. The van der Waals surface area contributed by atoms with Crippen LogP contribution in [0.25, 0.3) is 16.6 Å². The number of piperazine rings is 1. The molecule has 0 radical (unpaired) electrons. The van der Waals surface area contributed by atoms with Gasteiger partial charge in [0.1, 0.15) is 23.1 Å². The van der Waals surface area contributed by atoms with Gasteiger partial charge >= 0.3 is 0 Å². The van der Waals surface area contributed by atoms with Crippen molar-refractivity contribution in [3.8, 4) is 5.88 Å². The highest BCUT2D eigenvalue weighted by Gasteiger charge is 2.39. The number of aromatic amines is 1. The van der Waals surface area contributed by atoms with Gasteiger partial charge in [-0.1, -0.05) is 43.2 Å². The van der Waals surface area contributed by atoms with Gasteiger partial charge in [-0.15, -0.1) is 0 Å². The predicted molar refractivity (Wildman–Crippen MR) is 260 cm³/mol. The van der Waals surface area contributed by atoms with Crippen LogP contribution in [0.1, 0.15) is 49.0 Å². The number of sulfonamides is 1. The number of pyridine rings is 1. The number of nitro benzene ring substituents is 1. The second-order valence-electron chi connectivity index (χ2n) is 19.0. The zero-order chi connectivity index (χ0) is 47.2. The minimum atomic E-state index is -4.63. The molecule has 19 heteroatoms. The number of hydrogen-bond donors (Lipinski definition) is 3. The molecule has 17 nitrogen and oxygen atoms in total. The number of hydrogen-bond acceptors (Lipinski definition) is 14. The number of aromatic nitrogens is 2. The smallest absolute Gasteiger partial charge is 0.293 e. The number of amides is 1. The minimum absolute atomic E-state index is 0.0813. The molecule has 0 spiro atoms. The first-order valence-electron chi connectivity index (χ1n) is 23.1. The second-order valence-corrected chi connectivity index (χ2v) is 21.1. The summed E-state index contributed by atoms with van der Waals surface area (Å²) in [6.45, 7) is 11.2. The molecule has 0 bridgehead atoms. The Balaban J connectivity index is 0.948. The van der Waals surface area contributed by atoms with Crippen molar-refractivity contribution >= 4 is 72.6 Å². The third kappa shape index (κ3) is 9.75. The van der Waals surface area contributed by atoms with Crippen LogP contribution in [0.3, 0.4) is 0 Å². The number of nitrogens with one attached hydrogen (secondary N) is 3. The molecule has 3 atom stereocenters. The molecule has 68 heavy (non-hydrogen) atoms. The molecule has 0 saturated carbocycles. The van der Waals surface area contributed by atoms with Crippen molar-refractivity contribution in [1.82, 2.24) is 19.6 Å². The highest BCUT2D eigenvalue weighted by Crippen LogP contribution is 2.45. The lowest BCUT2D eigenvalue weighted by atomic mass is 9.72. The van der Waals surface area contributed by atoms with Gasteiger partial charge in [-0.25, -0.2) is 13.1 Å². The molecular weight excluding hydrogens is 912 g/mol. The van der Waals surface area contributed by atoms with E-state index in [4.69, 9.17) is 35.5 Å². The van der Waals surface area contributed by atoms with Crippen LogP contribution >= 0.6 is 11.6 Å². The van der Waals surface area contributed by atoms with E-state index in [1.54, 1.807) is 12.3 Å². The summed E-state index contributed by atoms with van der Waals surface area (Å²) in [7, 11) is -4.63. The number of halogens is 1. The Morgan fingerprint density at radius 1 is 0.971 bits per heavy atom. The fourth-order valence-corrected chi connectivity index (χ4v) is 11.1. The van der Waals surface area contributed by atoms with Crippen molar-refractivity contribution in [2.45, 2.75) is 50.2 Å². The van der Waals surface area contributed by atoms with Crippen LogP contribution in [-0.2, 0) is 24.2 Å². The molecule has 358 valence electrons. The van der Waals surface area contributed by atoms with Crippen molar-refractivity contribution in [3.05, 3.63) is 111 Å². The van der Waals surface area contributed by atoms with Crippen molar-refractivity contribution in [2.24, 2.45) is 11.3 Å². The van der Waals surface area contributed by atoms with Gasteiger partial charge in [0.2, 0.25) is 5.88 Å². The van der Waals surface area contributed by atoms with E-state index in [0.717, 1.165) is 74.1 Å². The van der Waals surface area contributed by atoms with Crippen LogP contribution in [-0.4, -0.2) is 125 Å². The van der Waals surface area contributed by atoms with E-state index in [9.17, 15) is 23.3 Å². The Labute approximate surface area is 399 Å². The Morgan fingerprint density at radius 3 is 2.57 bits per heavy atom. The van der Waals surface area contributed by atoms with Crippen molar-refractivity contribution in [1.29, 1.82) is 0 Å². The third-order valence-corrected chi connectivity index (χ3v) is 15.3. The number of carbonyl (C=O) groups is 1. The van der Waals surface area contributed by atoms with Crippen LogP contribution < -0.4 is 24.6 Å². The number of allylic oxidation sites excluding steroid dienone is 1. The minimum Gasteiger partial charge on any atom is -0.470 e. The largest absolute Gasteiger partial charge is 0.470 e. The van der Waals surface area contributed by atoms with Gasteiger partial charge in [-0.2, -0.15) is 4.98 Å². The molecule has 1 amide bonds. The molecule has 4 aliphatic heterocycles. The molecule has 10 rings (SSSR count). The van der Waals surface area contributed by atoms with Gasteiger partial charge in [-0.3, -0.25) is 19.8 Å². The lowest BCUT2D eigenvalue weighted by molar-refractivity contribution is -0.384. The van der Waals surface area contributed by atoms with Gasteiger partial charge in [0.25, 0.3) is 21.6 Å². The van der Waals surface area contributed by atoms with E-state index in [-0.39, 0.29) is 41.3 Å². The molecule has 1 aliphatic carbocycles. The van der Waals surface area contributed by atoms with Crippen LogP contribution in [0.2, 0.25) is 5.02 Å². The number of H-pyrrole nitrogens is 1. The molecule has 5 aliphatic rings. The summed E-state index contributed by atoms with van der Waals surface area (Å²) in [5.74, 6) is -0.646. The van der Waals surface area contributed by atoms with Crippen molar-refractivity contribution in [3.63, 3.8) is 0 Å². The van der Waals surface area contributed by atoms with Crippen molar-refractivity contribution < 1.29 is 37.1 Å². The fraction of sp³-hybridized carbons (Fsp3) is 0.429. The van der Waals surface area contributed by atoms with Gasteiger partial charge in [0.05, 0.1) is 60.2 Å². The van der Waals surface area contributed by atoms with E-state index < -0.39 is 31.4 Å². The van der Waals surface area contributed by atoms with Crippen LogP contribution in [0.4, 0.5) is 28.4 Å². The lowest BCUT2D eigenvalue weighted by Gasteiger charge is -2.39. The molecule has 2 aromatic heterocycles. The first-order chi connectivity index (χ1) is 32.8. The topological polar surface area (TPSA) is 194 Å². The highest BCUT2D eigenvalue weighted by atomic mass is 35.5. The number of carbonyl (C=O) groups excluding carboxylic acids is 1. The maximum absolute atomic E-state index is 14.6. The average Bonchev–Trinajstić information content (AvgIpc) is 3.96. The number of fused-ring (bicyclic) bond motifs is 3. The molecule has 3 fully saturated rings. The first-order valence-corrected chi connectivity index (χ1v) is 25.0. The summed E-state index contributed by atoms with van der Waals surface area (Å²) in [5, 5.41) is 16.8. The first kappa shape index (κ1) is 46.0. The zero-order valence-corrected chi connectivity index (χ0v) is 39.6. The highest BCUT2D eigenvalue weighted by molar-refractivity contribution is 7.90. The molecule has 3 aromatic carbocycles. The van der Waals surface area contributed by atoms with E-state index in [0.29, 0.717) is 62.5 Å². The molecular formula is C49H55ClN8O9S. The predicted octanol–water partition coefficient (Wildman–Crippen LogP) is 7.40. The summed E-state index contributed by atoms with van der Waals surface area (Å²) in [6.07, 6.45) is 4.34. The average molecular weight is 968 g/mol. The van der Waals surface area contributed by atoms with E-state index >= 15 is 0 Å². The van der Waals surface area contributed by atoms with Crippen LogP contribution in [0, 0.1) is 21.4 Å². The summed E-state index contributed by atoms with van der Waals surface area (Å²) in [5.41, 5.74) is 6.61. The normalized spacial score (nSPS) is 22.0. The molecule has 3 saturated heterocycles. The number of ether oxygens (including phenoxy) is 4. The van der Waals surface area contributed by atoms with Crippen molar-refractivity contribution in [2.75, 3.05) is 94.0 Å². The zero-order valence-electron chi connectivity index (χ0n) is 38.0. The molecule has 2 unspecified atom stereocenters. The Kier molecular flexibility index (Phi) is 12.8. The van der Waals surface area contributed by atoms with Crippen LogP contribution in [0.15, 0.2) is 89.5 Å². The van der Waals surface area contributed by atoms with Crippen LogP contribution in [0.5, 0.6) is 5.88 Å². The molecule has 3 N–H and O–H groups in total. The quantitative estimate of drug-likeness (QED) is 0.0827. The van der Waals surface area contributed by atoms with Gasteiger partial charge in [-0.05, 0) is 90.4 Å². The van der Waals surface area contributed by atoms with Gasteiger partial charge in [0, 0.05) is 80.1 Å². The second kappa shape index (κ2) is 19.0. The number of rotatable bonds is 12. The number of benzene rings is 3.